The molecule has 0 spiro atoms. The van der Waals surface area contributed by atoms with E-state index < -0.39 is 11.7 Å². The summed E-state index contributed by atoms with van der Waals surface area (Å²) in [6.45, 7) is 6.31. The lowest BCUT2D eigenvalue weighted by Crippen LogP contribution is -2.31. The molecular formula is C20H27FN8O. The highest BCUT2D eigenvalue weighted by atomic mass is 19.1. The van der Waals surface area contributed by atoms with Gasteiger partial charge in [-0.25, -0.2) is 14.4 Å². The standard InChI is InChI=1S/C20H27FN8O/c1-10(2)5-12(8-22)25-19-16(21)7-15(17(23)30)18(27-19)26-13-6-14-11(3)28-29(4)20(14)24-9-13/h6-7,9-10,12H,5,8,22H2,1-4H3,(H2,23,30)(H2,25,26,27). The molecule has 3 aromatic rings. The van der Waals surface area contributed by atoms with Crippen LogP contribution in [0, 0.1) is 18.7 Å². The number of carbonyl (C=O) groups excluding carboxylic acids is 1. The van der Waals surface area contributed by atoms with E-state index in [4.69, 9.17) is 11.5 Å². The number of halogens is 1. The Hall–Kier alpha value is -3.27. The van der Waals surface area contributed by atoms with Crippen LogP contribution in [-0.4, -0.2) is 38.2 Å². The van der Waals surface area contributed by atoms with Gasteiger partial charge in [0.25, 0.3) is 5.91 Å². The molecule has 0 aliphatic rings. The van der Waals surface area contributed by atoms with E-state index in [-0.39, 0.29) is 23.2 Å². The summed E-state index contributed by atoms with van der Waals surface area (Å²) in [5, 5.41) is 11.3. The van der Waals surface area contributed by atoms with Gasteiger partial charge in [-0.2, -0.15) is 5.10 Å². The number of carbonyl (C=O) groups is 1. The molecule has 0 fully saturated rings. The summed E-state index contributed by atoms with van der Waals surface area (Å²) in [5.41, 5.74) is 13.3. The van der Waals surface area contributed by atoms with Crippen molar-refractivity contribution < 1.29 is 9.18 Å². The van der Waals surface area contributed by atoms with E-state index in [1.54, 1.807) is 10.9 Å². The summed E-state index contributed by atoms with van der Waals surface area (Å²) in [4.78, 5) is 20.6. The first-order valence-electron chi connectivity index (χ1n) is 9.72. The highest BCUT2D eigenvalue weighted by Gasteiger charge is 2.19. The van der Waals surface area contributed by atoms with Gasteiger partial charge in [-0.1, -0.05) is 13.8 Å². The molecule has 3 heterocycles. The summed E-state index contributed by atoms with van der Waals surface area (Å²) >= 11 is 0. The molecular weight excluding hydrogens is 387 g/mol. The number of nitrogens with one attached hydrogen (secondary N) is 2. The third-order valence-electron chi connectivity index (χ3n) is 4.75. The van der Waals surface area contributed by atoms with Crippen molar-refractivity contribution >= 4 is 34.3 Å². The van der Waals surface area contributed by atoms with Crippen LogP contribution >= 0.6 is 0 Å². The Morgan fingerprint density at radius 3 is 2.67 bits per heavy atom. The molecule has 1 unspecified atom stereocenters. The predicted molar refractivity (Wildman–Crippen MR) is 115 cm³/mol. The normalized spacial score (nSPS) is 12.4. The molecule has 160 valence electrons. The number of aromatic nitrogens is 4. The van der Waals surface area contributed by atoms with Crippen LogP contribution in [0.4, 0.5) is 21.7 Å². The van der Waals surface area contributed by atoms with Gasteiger partial charge in [-0.15, -0.1) is 0 Å². The molecule has 9 nitrogen and oxygen atoms in total. The van der Waals surface area contributed by atoms with E-state index in [2.05, 4.69) is 39.5 Å². The van der Waals surface area contributed by atoms with Crippen LogP contribution in [0.15, 0.2) is 18.3 Å². The summed E-state index contributed by atoms with van der Waals surface area (Å²) in [7, 11) is 1.81. The number of fused-ring (bicyclic) bond motifs is 1. The number of primary amides is 1. The first-order chi connectivity index (χ1) is 14.2. The molecule has 0 radical (unpaired) electrons. The second-order valence-electron chi connectivity index (χ2n) is 7.71. The molecule has 1 amide bonds. The fourth-order valence-electron chi connectivity index (χ4n) is 3.36. The second-order valence-corrected chi connectivity index (χ2v) is 7.71. The number of hydrogen-bond acceptors (Lipinski definition) is 7. The number of nitrogens with zero attached hydrogens (tertiary/aromatic N) is 4. The number of nitrogens with two attached hydrogens (primary N) is 2. The van der Waals surface area contributed by atoms with Gasteiger partial charge in [-0.05, 0) is 31.4 Å². The van der Waals surface area contributed by atoms with Gasteiger partial charge in [0.1, 0.15) is 5.82 Å². The summed E-state index contributed by atoms with van der Waals surface area (Å²) in [6, 6.07) is 2.76. The minimum Gasteiger partial charge on any atom is -0.365 e. The molecule has 6 N–H and O–H groups in total. The minimum absolute atomic E-state index is 0.00481. The maximum absolute atomic E-state index is 14.6. The molecule has 0 saturated carbocycles. The SMILES string of the molecule is Cc1nn(C)c2ncc(Nc3nc(NC(CN)CC(C)C)c(F)cc3C(N)=O)cc12. The summed E-state index contributed by atoms with van der Waals surface area (Å²) < 4.78 is 16.3. The Balaban J connectivity index is 1.98. The molecule has 10 heteroatoms. The van der Waals surface area contributed by atoms with E-state index in [9.17, 15) is 9.18 Å². The van der Waals surface area contributed by atoms with Crippen LogP contribution in [0.5, 0.6) is 0 Å². The smallest absolute Gasteiger partial charge is 0.252 e. The average molecular weight is 414 g/mol. The lowest BCUT2D eigenvalue weighted by Gasteiger charge is -2.21. The average Bonchev–Trinajstić information content (AvgIpc) is 2.96. The van der Waals surface area contributed by atoms with Crippen LogP contribution in [-0.2, 0) is 7.05 Å². The first-order valence-corrected chi connectivity index (χ1v) is 9.72. The fraction of sp³-hybridized carbons (Fsp3) is 0.400. The zero-order valence-electron chi connectivity index (χ0n) is 17.5. The van der Waals surface area contributed by atoms with Crippen molar-refractivity contribution in [3.63, 3.8) is 0 Å². The van der Waals surface area contributed by atoms with Crippen molar-refractivity contribution in [2.24, 2.45) is 24.4 Å². The molecule has 0 aromatic carbocycles. The van der Waals surface area contributed by atoms with Crippen LogP contribution in [0.25, 0.3) is 11.0 Å². The van der Waals surface area contributed by atoms with Gasteiger partial charge in [0.15, 0.2) is 17.3 Å². The minimum atomic E-state index is -0.792. The molecule has 3 rings (SSSR count). The highest BCUT2D eigenvalue weighted by Crippen LogP contribution is 2.26. The van der Waals surface area contributed by atoms with E-state index in [1.807, 2.05) is 20.0 Å². The largest absolute Gasteiger partial charge is 0.365 e. The van der Waals surface area contributed by atoms with Crippen molar-refractivity contribution in [2.75, 3.05) is 17.2 Å². The van der Waals surface area contributed by atoms with Gasteiger partial charge in [-0.3, -0.25) is 9.48 Å². The molecule has 0 saturated heterocycles. The number of amides is 1. The van der Waals surface area contributed by atoms with Gasteiger partial charge in [0, 0.05) is 25.0 Å². The number of hydrogen-bond donors (Lipinski definition) is 4. The van der Waals surface area contributed by atoms with Gasteiger partial charge >= 0.3 is 0 Å². The molecule has 0 aliphatic heterocycles. The van der Waals surface area contributed by atoms with Crippen LogP contribution in [0.2, 0.25) is 0 Å². The van der Waals surface area contributed by atoms with Crippen molar-refractivity contribution in [3.05, 3.63) is 35.4 Å². The van der Waals surface area contributed by atoms with Crippen molar-refractivity contribution in [3.8, 4) is 0 Å². The Morgan fingerprint density at radius 1 is 1.30 bits per heavy atom. The van der Waals surface area contributed by atoms with Crippen molar-refractivity contribution in [1.82, 2.24) is 19.7 Å². The molecule has 0 aliphatic carbocycles. The van der Waals surface area contributed by atoms with Crippen molar-refractivity contribution in [2.45, 2.75) is 33.2 Å². The van der Waals surface area contributed by atoms with E-state index >= 15 is 0 Å². The maximum atomic E-state index is 14.6. The predicted octanol–water partition coefficient (Wildman–Crippen LogP) is 2.44. The topological polar surface area (TPSA) is 137 Å². The highest BCUT2D eigenvalue weighted by molar-refractivity contribution is 5.98. The summed E-state index contributed by atoms with van der Waals surface area (Å²) in [5.74, 6) is -0.954. The van der Waals surface area contributed by atoms with Gasteiger partial charge < -0.3 is 22.1 Å². The second kappa shape index (κ2) is 8.62. The zero-order valence-corrected chi connectivity index (χ0v) is 17.5. The fourth-order valence-corrected chi connectivity index (χ4v) is 3.36. The maximum Gasteiger partial charge on any atom is 0.252 e. The number of aryl methyl sites for hydroxylation is 2. The zero-order chi connectivity index (χ0) is 22.0. The number of rotatable bonds is 8. The monoisotopic (exact) mass is 414 g/mol. The first kappa shape index (κ1) is 21.4. The molecule has 3 aromatic heterocycles. The molecule has 30 heavy (non-hydrogen) atoms. The van der Waals surface area contributed by atoms with E-state index in [1.165, 1.54) is 0 Å². The lowest BCUT2D eigenvalue weighted by atomic mass is 10.0. The molecule has 1 atom stereocenters. The molecule has 0 bridgehead atoms. The Labute approximate surface area is 174 Å². The van der Waals surface area contributed by atoms with E-state index in [0.717, 1.165) is 29.2 Å². The van der Waals surface area contributed by atoms with Crippen LogP contribution in [0.3, 0.4) is 0 Å². The van der Waals surface area contributed by atoms with Gasteiger partial charge in [0.2, 0.25) is 0 Å². The van der Waals surface area contributed by atoms with Crippen LogP contribution < -0.4 is 22.1 Å². The Morgan fingerprint density at radius 2 is 2.03 bits per heavy atom. The number of anilines is 3. The number of pyridine rings is 2. The van der Waals surface area contributed by atoms with Gasteiger partial charge in [0.05, 0.1) is 23.1 Å². The van der Waals surface area contributed by atoms with Crippen molar-refractivity contribution in [1.29, 1.82) is 0 Å². The summed E-state index contributed by atoms with van der Waals surface area (Å²) in [6.07, 6.45) is 2.34. The third kappa shape index (κ3) is 4.48. The third-order valence-corrected chi connectivity index (χ3v) is 4.75. The lowest BCUT2D eigenvalue weighted by molar-refractivity contribution is 0.100. The van der Waals surface area contributed by atoms with E-state index in [0.29, 0.717) is 18.2 Å². The van der Waals surface area contributed by atoms with Crippen LogP contribution in [0.1, 0.15) is 36.3 Å². The Bertz CT molecular complexity index is 1080. The quantitative estimate of drug-likeness (QED) is 0.444. The Kier molecular flexibility index (Phi) is 6.16.